The number of rotatable bonds is 3. The van der Waals surface area contributed by atoms with Crippen LogP contribution in [0.3, 0.4) is 0 Å². The van der Waals surface area contributed by atoms with Crippen molar-refractivity contribution in [3.63, 3.8) is 0 Å². The van der Waals surface area contributed by atoms with Gasteiger partial charge in [0.15, 0.2) is 0 Å². The van der Waals surface area contributed by atoms with Gasteiger partial charge in [-0.2, -0.15) is 0 Å². The van der Waals surface area contributed by atoms with Crippen LogP contribution in [0.4, 0.5) is 11.5 Å². The van der Waals surface area contributed by atoms with Crippen molar-refractivity contribution >= 4 is 34.7 Å². The quantitative estimate of drug-likeness (QED) is 0.737. The Hall–Kier alpha value is -2.60. The van der Waals surface area contributed by atoms with Crippen molar-refractivity contribution in [2.75, 3.05) is 23.3 Å². The third-order valence-electron chi connectivity index (χ3n) is 5.09. The van der Waals surface area contributed by atoms with E-state index in [1.54, 1.807) is 28.9 Å². The summed E-state index contributed by atoms with van der Waals surface area (Å²) in [5.41, 5.74) is 2.47. The van der Waals surface area contributed by atoms with Crippen molar-refractivity contribution in [1.29, 1.82) is 0 Å². The van der Waals surface area contributed by atoms with E-state index in [0.717, 1.165) is 24.8 Å². The highest BCUT2D eigenvalue weighted by atomic mass is 35.5. The number of carbonyl (C=O) groups excluding carboxylic acids is 1. The Bertz CT molecular complexity index is 974. The predicted molar refractivity (Wildman–Crippen MR) is 108 cm³/mol. The molecule has 0 saturated carbocycles. The van der Waals surface area contributed by atoms with Crippen LogP contribution in [0.1, 0.15) is 35.9 Å². The SMILES string of the molecule is Cc1nc2cc(Cl)ccn2c1C(=O)Nc1ccc(N2CCC(C)CC2)nc1. The number of pyridine rings is 2. The summed E-state index contributed by atoms with van der Waals surface area (Å²) in [6.07, 6.45) is 5.85. The number of imidazole rings is 1. The molecule has 27 heavy (non-hydrogen) atoms. The molecule has 1 amide bonds. The van der Waals surface area contributed by atoms with Crippen molar-refractivity contribution in [1.82, 2.24) is 14.4 Å². The van der Waals surface area contributed by atoms with E-state index in [9.17, 15) is 4.79 Å². The Kier molecular flexibility index (Phi) is 4.74. The lowest BCUT2D eigenvalue weighted by Crippen LogP contribution is -2.33. The summed E-state index contributed by atoms with van der Waals surface area (Å²) in [5.74, 6) is 1.52. The Morgan fingerprint density at radius 1 is 1.26 bits per heavy atom. The Balaban J connectivity index is 1.51. The van der Waals surface area contributed by atoms with Crippen LogP contribution < -0.4 is 10.2 Å². The van der Waals surface area contributed by atoms with Gasteiger partial charge in [-0.25, -0.2) is 9.97 Å². The molecule has 0 unspecified atom stereocenters. The lowest BCUT2D eigenvalue weighted by molar-refractivity contribution is 0.102. The molecule has 6 nitrogen and oxygen atoms in total. The van der Waals surface area contributed by atoms with Gasteiger partial charge in [0.2, 0.25) is 0 Å². The molecule has 1 aliphatic rings. The van der Waals surface area contributed by atoms with Gasteiger partial charge < -0.3 is 10.2 Å². The van der Waals surface area contributed by atoms with E-state index in [0.29, 0.717) is 27.7 Å². The van der Waals surface area contributed by atoms with Crippen molar-refractivity contribution in [2.24, 2.45) is 5.92 Å². The van der Waals surface area contributed by atoms with E-state index < -0.39 is 0 Å². The molecule has 0 atom stereocenters. The number of aryl methyl sites for hydroxylation is 1. The number of anilines is 2. The monoisotopic (exact) mass is 383 g/mol. The maximum atomic E-state index is 12.8. The molecule has 1 N–H and O–H groups in total. The lowest BCUT2D eigenvalue weighted by Gasteiger charge is -2.31. The van der Waals surface area contributed by atoms with Crippen LogP contribution in [-0.4, -0.2) is 33.4 Å². The second-order valence-electron chi connectivity index (χ2n) is 7.15. The summed E-state index contributed by atoms with van der Waals surface area (Å²) in [5, 5.41) is 3.50. The highest BCUT2D eigenvalue weighted by molar-refractivity contribution is 6.30. The smallest absolute Gasteiger partial charge is 0.274 e. The topological polar surface area (TPSA) is 62.5 Å². The summed E-state index contributed by atoms with van der Waals surface area (Å²) >= 11 is 6.01. The first-order valence-corrected chi connectivity index (χ1v) is 9.55. The van der Waals surface area contributed by atoms with E-state index in [2.05, 4.69) is 27.1 Å². The average molecular weight is 384 g/mol. The molecule has 1 fully saturated rings. The molecular formula is C20H22ClN5O. The fourth-order valence-corrected chi connectivity index (χ4v) is 3.64. The van der Waals surface area contributed by atoms with Gasteiger partial charge in [-0.1, -0.05) is 18.5 Å². The van der Waals surface area contributed by atoms with E-state index in [1.807, 2.05) is 19.1 Å². The number of hydrogen-bond donors (Lipinski definition) is 1. The highest BCUT2D eigenvalue weighted by Gasteiger charge is 2.19. The molecule has 1 aliphatic heterocycles. The zero-order valence-corrected chi connectivity index (χ0v) is 16.2. The van der Waals surface area contributed by atoms with Crippen molar-refractivity contribution < 1.29 is 4.79 Å². The van der Waals surface area contributed by atoms with Crippen LogP contribution in [-0.2, 0) is 0 Å². The fourth-order valence-electron chi connectivity index (χ4n) is 3.49. The molecule has 0 aromatic carbocycles. The van der Waals surface area contributed by atoms with Gasteiger partial charge >= 0.3 is 0 Å². The number of carbonyl (C=O) groups is 1. The number of amides is 1. The third kappa shape index (κ3) is 3.62. The van der Waals surface area contributed by atoms with Gasteiger partial charge in [0.25, 0.3) is 5.91 Å². The molecule has 0 spiro atoms. The minimum Gasteiger partial charge on any atom is -0.357 e. The molecule has 0 aliphatic carbocycles. The lowest BCUT2D eigenvalue weighted by atomic mass is 9.99. The van der Waals surface area contributed by atoms with Gasteiger partial charge in [0.1, 0.15) is 17.2 Å². The number of halogens is 1. The Labute approximate surface area is 163 Å². The Morgan fingerprint density at radius 3 is 2.74 bits per heavy atom. The van der Waals surface area contributed by atoms with Crippen molar-refractivity contribution in [3.05, 3.63) is 53.1 Å². The van der Waals surface area contributed by atoms with Gasteiger partial charge in [-0.15, -0.1) is 0 Å². The Morgan fingerprint density at radius 2 is 2.04 bits per heavy atom. The maximum Gasteiger partial charge on any atom is 0.274 e. The minimum absolute atomic E-state index is 0.219. The number of piperidine rings is 1. The van der Waals surface area contributed by atoms with E-state index in [-0.39, 0.29) is 5.91 Å². The number of hydrogen-bond acceptors (Lipinski definition) is 4. The van der Waals surface area contributed by atoms with Gasteiger partial charge in [0, 0.05) is 30.4 Å². The first-order chi connectivity index (χ1) is 13.0. The number of fused-ring (bicyclic) bond motifs is 1. The summed E-state index contributed by atoms with van der Waals surface area (Å²) in [6, 6.07) is 7.34. The van der Waals surface area contributed by atoms with Crippen LogP contribution in [0.15, 0.2) is 36.7 Å². The zero-order chi connectivity index (χ0) is 19.0. The van der Waals surface area contributed by atoms with Gasteiger partial charge in [-0.3, -0.25) is 9.20 Å². The van der Waals surface area contributed by atoms with Crippen LogP contribution in [0, 0.1) is 12.8 Å². The van der Waals surface area contributed by atoms with Crippen molar-refractivity contribution in [2.45, 2.75) is 26.7 Å². The zero-order valence-electron chi connectivity index (χ0n) is 15.4. The molecule has 7 heteroatoms. The molecule has 0 radical (unpaired) electrons. The molecule has 1 saturated heterocycles. The number of aromatic nitrogens is 3. The number of nitrogens with zero attached hydrogens (tertiary/aromatic N) is 4. The molecular weight excluding hydrogens is 362 g/mol. The maximum absolute atomic E-state index is 12.8. The van der Waals surface area contributed by atoms with Gasteiger partial charge in [-0.05, 0) is 43.9 Å². The second kappa shape index (κ2) is 7.19. The van der Waals surface area contributed by atoms with Crippen LogP contribution in [0.5, 0.6) is 0 Å². The van der Waals surface area contributed by atoms with Gasteiger partial charge in [0.05, 0.1) is 17.6 Å². The fraction of sp³-hybridized carbons (Fsp3) is 0.350. The molecule has 4 heterocycles. The summed E-state index contributed by atoms with van der Waals surface area (Å²) in [6.45, 7) is 6.17. The predicted octanol–water partition coefficient (Wildman–Crippen LogP) is 4.18. The first kappa shape index (κ1) is 17.8. The molecule has 3 aromatic heterocycles. The summed E-state index contributed by atoms with van der Waals surface area (Å²) < 4.78 is 1.74. The summed E-state index contributed by atoms with van der Waals surface area (Å²) in [4.78, 5) is 24.0. The molecule has 140 valence electrons. The van der Waals surface area contributed by atoms with Crippen molar-refractivity contribution in [3.8, 4) is 0 Å². The highest BCUT2D eigenvalue weighted by Crippen LogP contribution is 2.23. The van der Waals surface area contributed by atoms with E-state index in [4.69, 9.17) is 11.6 Å². The standard InChI is InChI=1S/C20H22ClN5O/c1-13-5-8-25(9-6-13)17-4-3-16(12-22-17)24-20(27)19-14(2)23-18-11-15(21)7-10-26(18)19/h3-4,7,10-13H,5-6,8-9H2,1-2H3,(H,24,27). The minimum atomic E-state index is -0.219. The molecule has 4 rings (SSSR count). The van der Waals surface area contributed by atoms with Crippen LogP contribution in [0.25, 0.3) is 5.65 Å². The third-order valence-corrected chi connectivity index (χ3v) is 5.33. The van der Waals surface area contributed by atoms with Crippen LogP contribution in [0.2, 0.25) is 5.02 Å². The number of nitrogens with one attached hydrogen (secondary N) is 1. The summed E-state index contributed by atoms with van der Waals surface area (Å²) in [7, 11) is 0. The van der Waals surface area contributed by atoms with E-state index >= 15 is 0 Å². The van der Waals surface area contributed by atoms with E-state index in [1.165, 1.54) is 12.8 Å². The first-order valence-electron chi connectivity index (χ1n) is 9.18. The normalized spacial score (nSPS) is 15.3. The molecule has 0 bridgehead atoms. The average Bonchev–Trinajstić information content (AvgIpc) is 2.98. The largest absolute Gasteiger partial charge is 0.357 e. The molecule has 3 aromatic rings. The second-order valence-corrected chi connectivity index (χ2v) is 7.58. The van der Waals surface area contributed by atoms with Crippen LogP contribution >= 0.6 is 11.6 Å².